The first-order valence-corrected chi connectivity index (χ1v) is 3.82. The van der Waals surface area contributed by atoms with E-state index in [0.717, 1.165) is 12.7 Å². The minimum absolute atomic E-state index is 0.623. The first-order valence-electron chi connectivity index (χ1n) is 3.82. The summed E-state index contributed by atoms with van der Waals surface area (Å²) in [5, 5.41) is 0. The van der Waals surface area contributed by atoms with Crippen molar-refractivity contribution in [3.63, 3.8) is 0 Å². The van der Waals surface area contributed by atoms with E-state index in [9.17, 15) is 4.79 Å². The number of aromatic nitrogens is 1. The molecule has 1 heterocycles. The Labute approximate surface area is 66.6 Å². The van der Waals surface area contributed by atoms with Crippen LogP contribution in [0.1, 0.15) is 23.4 Å². The SMILES string of the molecule is Cc1cc(CCC=O)c(C)[nH]1. The van der Waals surface area contributed by atoms with Gasteiger partial charge in [-0.25, -0.2) is 0 Å². The molecule has 0 fully saturated rings. The Kier molecular flexibility index (Phi) is 2.47. The first kappa shape index (κ1) is 8.05. The molecular formula is C9H13NO. The van der Waals surface area contributed by atoms with E-state index in [1.165, 1.54) is 17.0 Å². The number of carbonyl (C=O) groups is 1. The first-order chi connectivity index (χ1) is 5.24. The van der Waals surface area contributed by atoms with E-state index in [1.807, 2.05) is 13.8 Å². The van der Waals surface area contributed by atoms with Crippen molar-refractivity contribution in [2.45, 2.75) is 26.7 Å². The number of hydrogen-bond donors (Lipinski definition) is 1. The molecule has 1 aromatic heterocycles. The fraction of sp³-hybridized carbons (Fsp3) is 0.444. The van der Waals surface area contributed by atoms with Gasteiger partial charge in [0.1, 0.15) is 6.29 Å². The van der Waals surface area contributed by atoms with Crippen LogP contribution in [0, 0.1) is 13.8 Å². The van der Waals surface area contributed by atoms with E-state index in [0.29, 0.717) is 6.42 Å². The second-order valence-electron chi connectivity index (χ2n) is 2.81. The van der Waals surface area contributed by atoms with Crippen LogP contribution < -0.4 is 0 Å². The maximum absolute atomic E-state index is 10.1. The van der Waals surface area contributed by atoms with Crippen LogP contribution in [0.2, 0.25) is 0 Å². The van der Waals surface area contributed by atoms with Gasteiger partial charge in [0, 0.05) is 17.8 Å². The largest absolute Gasteiger partial charge is 0.362 e. The van der Waals surface area contributed by atoms with E-state index in [2.05, 4.69) is 11.1 Å². The highest BCUT2D eigenvalue weighted by Crippen LogP contribution is 2.10. The van der Waals surface area contributed by atoms with Gasteiger partial charge in [-0.1, -0.05) is 0 Å². The molecule has 0 unspecified atom stereocenters. The molecule has 60 valence electrons. The van der Waals surface area contributed by atoms with Crippen molar-refractivity contribution in [3.8, 4) is 0 Å². The van der Waals surface area contributed by atoms with Gasteiger partial charge in [-0.15, -0.1) is 0 Å². The number of aryl methyl sites for hydroxylation is 3. The molecule has 2 nitrogen and oxygen atoms in total. The fourth-order valence-electron chi connectivity index (χ4n) is 1.26. The van der Waals surface area contributed by atoms with Crippen LogP contribution in [0.25, 0.3) is 0 Å². The number of nitrogens with one attached hydrogen (secondary N) is 1. The van der Waals surface area contributed by atoms with E-state index in [-0.39, 0.29) is 0 Å². The molecule has 0 aliphatic carbocycles. The maximum Gasteiger partial charge on any atom is 0.120 e. The molecule has 0 aromatic carbocycles. The van der Waals surface area contributed by atoms with Crippen molar-refractivity contribution in [3.05, 3.63) is 23.0 Å². The van der Waals surface area contributed by atoms with Gasteiger partial charge >= 0.3 is 0 Å². The molecule has 1 rings (SSSR count). The lowest BCUT2D eigenvalue weighted by molar-refractivity contribution is -0.107. The summed E-state index contributed by atoms with van der Waals surface area (Å²) in [4.78, 5) is 13.3. The van der Waals surface area contributed by atoms with Crippen molar-refractivity contribution >= 4 is 6.29 Å². The summed E-state index contributed by atoms with van der Waals surface area (Å²) in [6.45, 7) is 4.06. The second-order valence-corrected chi connectivity index (χ2v) is 2.81. The molecule has 0 aliphatic rings. The van der Waals surface area contributed by atoms with Crippen molar-refractivity contribution in [1.29, 1.82) is 0 Å². The Balaban J connectivity index is 2.69. The molecule has 0 saturated carbocycles. The van der Waals surface area contributed by atoms with Gasteiger partial charge in [0.05, 0.1) is 0 Å². The Hall–Kier alpha value is -1.05. The zero-order chi connectivity index (χ0) is 8.27. The standard InChI is InChI=1S/C9H13NO/c1-7-6-9(4-3-5-11)8(2)10-7/h5-6,10H,3-4H2,1-2H3. The number of rotatable bonds is 3. The summed E-state index contributed by atoms with van der Waals surface area (Å²) in [5.74, 6) is 0. The molecule has 0 aliphatic heterocycles. The average Bonchev–Trinajstić information content (AvgIpc) is 2.26. The molecule has 1 N–H and O–H groups in total. The second kappa shape index (κ2) is 3.37. The summed E-state index contributed by atoms with van der Waals surface area (Å²) in [5.41, 5.74) is 3.61. The van der Waals surface area contributed by atoms with Crippen molar-refractivity contribution in [2.24, 2.45) is 0 Å². The third-order valence-electron chi connectivity index (χ3n) is 1.79. The fourth-order valence-corrected chi connectivity index (χ4v) is 1.26. The van der Waals surface area contributed by atoms with Crippen molar-refractivity contribution in [2.75, 3.05) is 0 Å². The molecule has 0 amide bonds. The summed E-state index contributed by atoms with van der Waals surface area (Å²) < 4.78 is 0. The van der Waals surface area contributed by atoms with Gasteiger partial charge in [-0.2, -0.15) is 0 Å². The van der Waals surface area contributed by atoms with Crippen LogP contribution in [0.3, 0.4) is 0 Å². The zero-order valence-electron chi connectivity index (χ0n) is 6.98. The molecule has 1 aromatic rings. The van der Waals surface area contributed by atoms with Gasteiger partial charge < -0.3 is 9.78 Å². The molecule has 0 atom stereocenters. The van der Waals surface area contributed by atoms with Crippen LogP contribution in [0.4, 0.5) is 0 Å². The van der Waals surface area contributed by atoms with Crippen LogP contribution in [0.15, 0.2) is 6.07 Å². The van der Waals surface area contributed by atoms with Gasteiger partial charge in [0.25, 0.3) is 0 Å². The quantitative estimate of drug-likeness (QED) is 0.656. The van der Waals surface area contributed by atoms with Gasteiger partial charge in [0.2, 0.25) is 0 Å². The lowest BCUT2D eigenvalue weighted by Crippen LogP contribution is -1.85. The molecule has 2 heteroatoms. The predicted molar refractivity (Wildman–Crippen MR) is 44.7 cm³/mol. The van der Waals surface area contributed by atoms with Crippen molar-refractivity contribution < 1.29 is 4.79 Å². The summed E-state index contributed by atoms with van der Waals surface area (Å²) in [6, 6.07) is 2.10. The Bertz CT molecular complexity index is 250. The highest BCUT2D eigenvalue weighted by molar-refractivity contribution is 5.50. The van der Waals surface area contributed by atoms with Gasteiger partial charge in [-0.05, 0) is 31.9 Å². The summed E-state index contributed by atoms with van der Waals surface area (Å²) in [7, 11) is 0. The third kappa shape index (κ3) is 1.93. The Morgan fingerprint density at radius 1 is 1.55 bits per heavy atom. The Morgan fingerprint density at radius 2 is 2.27 bits per heavy atom. The van der Waals surface area contributed by atoms with E-state index in [4.69, 9.17) is 0 Å². The lowest BCUT2D eigenvalue weighted by Gasteiger charge is -1.92. The van der Waals surface area contributed by atoms with Gasteiger partial charge in [0.15, 0.2) is 0 Å². The van der Waals surface area contributed by atoms with E-state index in [1.54, 1.807) is 0 Å². The monoisotopic (exact) mass is 151 g/mol. The average molecular weight is 151 g/mol. The van der Waals surface area contributed by atoms with Gasteiger partial charge in [-0.3, -0.25) is 0 Å². The molecular weight excluding hydrogens is 138 g/mol. The minimum atomic E-state index is 0.623. The van der Waals surface area contributed by atoms with Crippen LogP contribution in [-0.4, -0.2) is 11.3 Å². The predicted octanol–water partition coefficient (Wildman–Crippen LogP) is 1.76. The smallest absolute Gasteiger partial charge is 0.120 e. The molecule has 11 heavy (non-hydrogen) atoms. The topological polar surface area (TPSA) is 32.9 Å². The highest BCUT2D eigenvalue weighted by Gasteiger charge is 1.99. The zero-order valence-corrected chi connectivity index (χ0v) is 6.98. The Morgan fingerprint density at radius 3 is 2.73 bits per heavy atom. The molecule has 0 saturated heterocycles. The normalized spacial score (nSPS) is 10.0. The minimum Gasteiger partial charge on any atom is -0.362 e. The number of hydrogen-bond acceptors (Lipinski definition) is 1. The van der Waals surface area contributed by atoms with Crippen molar-refractivity contribution in [1.82, 2.24) is 4.98 Å². The number of carbonyl (C=O) groups excluding carboxylic acids is 1. The maximum atomic E-state index is 10.1. The van der Waals surface area contributed by atoms with Crippen LogP contribution in [0.5, 0.6) is 0 Å². The number of aromatic amines is 1. The van der Waals surface area contributed by atoms with E-state index < -0.39 is 0 Å². The summed E-state index contributed by atoms with van der Waals surface area (Å²) >= 11 is 0. The lowest BCUT2D eigenvalue weighted by atomic mass is 10.1. The molecule has 0 radical (unpaired) electrons. The highest BCUT2D eigenvalue weighted by atomic mass is 16.1. The molecule has 0 spiro atoms. The summed E-state index contributed by atoms with van der Waals surface area (Å²) in [6.07, 6.45) is 2.44. The third-order valence-corrected chi connectivity index (χ3v) is 1.79. The van der Waals surface area contributed by atoms with E-state index >= 15 is 0 Å². The number of H-pyrrole nitrogens is 1. The molecule has 0 bridgehead atoms. The van der Waals surface area contributed by atoms with Crippen LogP contribution in [-0.2, 0) is 11.2 Å². The van der Waals surface area contributed by atoms with Crippen LogP contribution >= 0.6 is 0 Å². The number of aldehydes is 1.